The number of benzene rings is 3. The van der Waals surface area contributed by atoms with E-state index in [2.05, 4.69) is 0 Å². The second-order valence-electron chi connectivity index (χ2n) is 8.46. The quantitative estimate of drug-likeness (QED) is 0.587. The van der Waals surface area contributed by atoms with Crippen LogP contribution in [0.5, 0.6) is 11.5 Å². The summed E-state index contributed by atoms with van der Waals surface area (Å²) < 4.78 is 38.1. The molecule has 0 saturated heterocycles. The lowest BCUT2D eigenvalue weighted by molar-refractivity contribution is -0.130. The summed E-state index contributed by atoms with van der Waals surface area (Å²) >= 11 is 0. The van der Waals surface area contributed by atoms with Crippen molar-refractivity contribution in [1.82, 2.24) is 4.90 Å². The van der Waals surface area contributed by atoms with Crippen molar-refractivity contribution in [2.45, 2.75) is 31.3 Å². The number of amides is 1. The second-order valence-corrected chi connectivity index (χ2v) is 10.4. The minimum atomic E-state index is -4.16. The first kappa shape index (κ1) is 22.0. The van der Waals surface area contributed by atoms with E-state index in [1.54, 1.807) is 42.5 Å². The number of sulfone groups is 1. The topological polar surface area (TPSA) is 93.1 Å². The van der Waals surface area contributed by atoms with Crippen molar-refractivity contribution in [3.8, 4) is 11.5 Å². The Morgan fingerprint density at radius 3 is 2.21 bits per heavy atom. The molecule has 0 bridgehead atoms. The van der Waals surface area contributed by atoms with Crippen LogP contribution in [0.15, 0.2) is 82.3 Å². The molecule has 0 aromatic heterocycles. The van der Waals surface area contributed by atoms with Crippen LogP contribution in [0.2, 0.25) is 0 Å². The SMILES string of the molecule is Cc1ccc([C@@H]2C(S(=O)(=O)c3ccc(C)cc3)=C(O)C(=O)N2Cc2ccc3c(c2)OCO3)cc1. The number of carbonyl (C=O) groups is 1. The third-order valence-corrected chi connectivity index (χ3v) is 7.95. The standard InChI is InChI=1S/C26H23NO6S/c1-16-3-8-19(9-4-16)23-25(34(30,31)20-10-5-17(2)6-11-20)24(28)26(29)27(23)14-18-7-12-21-22(13-18)33-15-32-21/h3-13,23,28H,14-15H2,1-2H3/t23-/m1/s1. The highest BCUT2D eigenvalue weighted by Crippen LogP contribution is 2.44. The molecule has 0 saturated carbocycles. The maximum absolute atomic E-state index is 13.7. The minimum Gasteiger partial charge on any atom is -0.502 e. The smallest absolute Gasteiger partial charge is 0.290 e. The van der Waals surface area contributed by atoms with Crippen LogP contribution < -0.4 is 9.47 Å². The number of aryl methyl sites for hydroxylation is 2. The Bertz CT molecular complexity index is 1410. The van der Waals surface area contributed by atoms with E-state index in [-0.39, 0.29) is 23.1 Å². The van der Waals surface area contributed by atoms with Gasteiger partial charge in [0.2, 0.25) is 16.6 Å². The summed E-state index contributed by atoms with van der Waals surface area (Å²) in [6, 6.07) is 17.9. The normalized spacial score (nSPS) is 17.5. The Morgan fingerprint density at radius 2 is 1.53 bits per heavy atom. The van der Waals surface area contributed by atoms with E-state index in [1.807, 2.05) is 26.0 Å². The van der Waals surface area contributed by atoms with Crippen molar-refractivity contribution in [3.05, 3.63) is 99.6 Å². The van der Waals surface area contributed by atoms with Crippen molar-refractivity contribution in [1.29, 1.82) is 0 Å². The van der Waals surface area contributed by atoms with Crippen LogP contribution in [0.1, 0.15) is 28.3 Å². The van der Waals surface area contributed by atoms with Crippen molar-refractivity contribution in [2.24, 2.45) is 0 Å². The molecule has 0 aliphatic carbocycles. The van der Waals surface area contributed by atoms with Gasteiger partial charge in [0.1, 0.15) is 4.91 Å². The Hall–Kier alpha value is -3.78. The van der Waals surface area contributed by atoms with Gasteiger partial charge in [-0.3, -0.25) is 4.79 Å². The highest BCUT2D eigenvalue weighted by atomic mass is 32.2. The summed E-state index contributed by atoms with van der Waals surface area (Å²) in [5.74, 6) is -0.336. The molecule has 174 valence electrons. The molecule has 1 atom stereocenters. The van der Waals surface area contributed by atoms with Crippen molar-refractivity contribution in [2.75, 3.05) is 6.79 Å². The van der Waals surface area contributed by atoms with Gasteiger partial charge in [-0.15, -0.1) is 0 Å². The van der Waals surface area contributed by atoms with Crippen LogP contribution in [0, 0.1) is 13.8 Å². The number of ether oxygens (including phenoxy) is 2. The summed E-state index contributed by atoms with van der Waals surface area (Å²) in [6.45, 7) is 3.97. The number of hydrogen-bond acceptors (Lipinski definition) is 6. The molecular weight excluding hydrogens is 454 g/mol. The molecule has 8 heteroatoms. The number of hydrogen-bond donors (Lipinski definition) is 1. The van der Waals surface area contributed by atoms with Gasteiger partial charge in [0.05, 0.1) is 10.9 Å². The summed E-state index contributed by atoms with van der Waals surface area (Å²) in [6.07, 6.45) is 0. The lowest BCUT2D eigenvalue weighted by atomic mass is 10.0. The van der Waals surface area contributed by atoms with Gasteiger partial charge in [-0.05, 0) is 49.2 Å². The summed E-state index contributed by atoms with van der Waals surface area (Å²) in [7, 11) is -4.16. The van der Waals surface area contributed by atoms with E-state index in [1.165, 1.54) is 17.0 Å². The molecule has 0 radical (unpaired) electrons. The predicted molar refractivity (Wildman–Crippen MR) is 125 cm³/mol. The third-order valence-electron chi connectivity index (χ3n) is 6.06. The van der Waals surface area contributed by atoms with Gasteiger partial charge in [0.25, 0.3) is 5.91 Å². The number of carbonyl (C=O) groups excluding carboxylic acids is 1. The lowest BCUT2D eigenvalue weighted by Crippen LogP contribution is -2.30. The molecule has 0 unspecified atom stereocenters. The van der Waals surface area contributed by atoms with Gasteiger partial charge in [0.15, 0.2) is 17.3 Å². The van der Waals surface area contributed by atoms with Crippen LogP contribution in [-0.4, -0.2) is 31.1 Å². The van der Waals surface area contributed by atoms with Crippen LogP contribution in [-0.2, 0) is 21.2 Å². The summed E-state index contributed by atoms with van der Waals surface area (Å²) in [4.78, 5) is 14.3. The van der Waals surface area contributed by atoms with Crippen molar-refractivity contribution < 1.29 is 27.8 Å². The Labute approximate surface area is 197 Å². The highest BCUT2D eigenvalue weighted by molar-refractivity contribution is 7.95. The fraction of sp³-hybridized carbons (Fsp3) is 0.192. The van der Waals surface area contributed by atoms with Crippen LogP contribution in [0.3, 0.4) is 0 Å². The molecule has 0 fully saturated rings. The van der Waals surface area contributed by atoms with Gasteiger partial charge in [-0.2, -0.15) is 0 Å². The zero-order valence-corrected chi connectivity index (χ0v) is 19.5. The number of nitrogens with zero attached hydrogens (tertiary/aromatic N) is 1. The molecular formula is C26H23NO6S. The van der Waals surface area contributed by atoms with Crippen LogP contribution in [0.25, 0.3) is 0 Å². The second kappa shape index (κ2) is 8.22. The Morgan fingerprint density at radius 1 is 0.912 bits per heavy atom. The molecule has 5 rings (SSSR count). The first-order valence-electron chi connectivity index (χ1n) is 10.8. The van der Waals surface area contributed by atoms with Crippen molar-refractivity contribution >= 4 is 15.7 Å². The fourth-order valence-corrected chi connectivity index (χ4v) is 5.87. The monoisotopic (exact) mass is 477 g/mol. The molecule has 2 aliphatic rings. The average Bonchev–Trinajstić information content (AvgIpc) is 3.38. The molecule has 0 spiro atoms. The number of aliphatic hydroxyl groups is 1. The maximum atomic E-state index is 13.7. The van der Waals surface area contributed by atoms with Gasteiger partial charge < -0.3 is 19.5 Å². The molecule has 3 aromatic carbocycles. The maximum Gasteiger partial charge on any atom is 0.290 e. The largest absolute Gasteiger partial charge is 0.502 e. The molecule has 3 aromatic rings. The van der Waals surface area contributed by atoms with Gasteiger partial charge >= 0.3 is 0 Å². The average molecular weight is 478 g/mol. The lowest BCUT2D eigenvalue weighted by Gasteiger charge is -2.27. The summed E-state index contributed by atoms with van der Waals surface area (Å²) in [5.41, 5.74) is 3.21. The molecule has 7 nitrogen and oxygen atoms in total. The molecule has 1 N–H and O–H groups in total. The van der Waals surface area contributed by atoms with E-state index in [0.717, 1.165) is 16.7 Å². The predicted octanol–water partition coefficient (Wildman–Crippen LogP) is 4.36. The molecule has 2 heterocycles. The fourth-order valence-electron chi connectivity index (χ4n) is 4.23. The molecule has 1 amide bonds. The van der Waals surface area contributed by atoms with Gasteiger partial charge in [-0.1, -0.05) is 53.6 Å². The van der Waals surface area contributed by atoms with Crippen LogP contribution >= 0.6 is 0 Å². The van der Waals surface area contributed by atoms with E-state index >= 15 is 0 Å². The summed E-state index contributed by atoms with van der Waals surface area (Å²) in [5, 5.41) is 10.9. The third kappa shape index (κ3) is 3.70. The van der Waals surface area contributed by atoms with E-state index in [4.69, 9.17) is 9.47 Å². The zero-order chi connectivity index (χ0) is 24.0. The Kier molecular flexibility index (Phi) is 5.32. The van der Waals surface area contributed by atoms with Crippen LogP contribution in [0.4, 0.5) is 0 Å². The highest BCUT2D eigenvalue weighted by Gasteiger charge is 2.46. The number of fused-ring (bicyclic) bond motifs is 1. The van der Waals surface area contributed by atoms with Gasteiger partial charge in [0, 0.05) is 6.54 Å². The number of rotatable bonds is 5. The number of aliphatic hydroxyl groups excluding tert-OH is 1. The Balaban J connectivity index is 1.60. The first-order valence-corrected chi connectivity index (χ1v) is 12.2. The first-order chi connectivity index (χ1) is 16.3. The van der Waals surface area contributed by atoms with E-state index in [0.29, 0.717) is 17.1 Å². The minimum absolute atomic E-state index is 0.0227. The zero-order valence-electron chi connectivity index (χ0n) is 18.7. The molecule has 2 aliphatic heterocycles. The van der Waals surface area contributed by atoms with E-state index < -0.39 is 27.5 Å². The molecule has 34 heavy (non-hydrogen) atoms. The van der Waals surface area contributed by atoms with E-state index in [9.17, 15) is 18.3 Å². The van der Waals surface area contributed by atoms with Gasteiger partial charge in [-0.25, -0.2) is 8.42 Å². The van der Waals surface area contributed by atoms with Crippen molar-refractivity contribution in [3.63, 3.8) is 0 Å².